The molecule has 6 nitrogen and oxygen atoms in total. The molecule has 2 aromatic heterocycles. The lowest BCUT2D eigenvalue weighted by atomic mass is 9.97. The standard InChI is InChI=1S/C28H31F2N5O/c1-16-10-22-25(24(33-16)18-4-5-18)31-14-23(26(22)35-9-7-28(15-35)6-3-8-32-28)27(36)34-17(2)19-11-20(29)13-21(30)12-19/h10-14,17-18,32H,3-9,15H2,1-2H3,(H,34,36)/t17-,28?/m0/s1. The summed E-state index contributed by atoms with van der Waals surface area (Å²) in [5, 5.41) is 7.61. The Bertz CT molecular complexity index is 1330. The highest BCUT2D eigenvalue weighted by Gasteiger charge is 2.41. The van der Waals surface area contributed by atoms with E-state index >= 15 is 0 Å². The third-order valence-corrected chi connectivity index (χ3v) is 7.92. The highest BCUT2D eigenvalue weighted by molar-refractivity contribution is 6.08. The molecule has 1 unspecified atom stereocenters. The third-order valence-electron chi connectivity index (χ3n) is 7.92. The van der Waals surface area contributed by atoms with Crippen molar-refractivity contribution in [2.24, 2.45) is 0 Å². The average molecular weight is 492 g/mol. The van der Waals surface area contributed by atoms with Crippen LogP contribution in [0.2, 0.25) is 0 Å². The molecular formula is C28H31F2N5O. The van der Waals surface area contributed by atoms with Gasteiger partial charge in [-0.25, -0.2) is 8.78 Å². The number of carbonyl (C=O) groups excluding carboxylic acids is 1. The molecule has 2 atom stereocenters. The van der Waals surface area contributed by atoms with Crippen LogP contribution in [0.1, 0.15) is 78.3 Å². The summed E-state index contributed by atoms with van der Waals surface area (Å²) in [5.41, 5.74) is 4.63. The van der Waals surface area contributed by atoms with Crippen LogP contribution in [0.25, 0.3) is 10.9 Å². The second-order valence-corrected chi connectivity index (χ2v) is 10.7. The van der Waals surface area contributed by atoms with Gasteiger partial charge in [0, 0.05) is 47.9 Å². The number of anilines is 1. The van der Waals surface area contributed by atoms with E-state index in [1.54, 1.807) is 13.1 Å². The molecule has 1 spiro atoms. The predicted molar refractivity (Wildman–Crippen MR) is 135 cm³/mol. The molecule has 3 fully saturated rings. The molecule has 1 amide bonds. The molecule has 2 saturated heterocycles. The highest BCUT2D eigenvalue weighted by atomic mass is 19.1. The molecule has 36 heavy (non-hydrogen) atoms. The fourth-order valence-corrected chi connectivity index (χ4v) is 5.95. The van der Waals surface area contributed by atoms with Crippen molar-refractivity contribution in [1.29, 1.82) is 0 Å². The summed E-state index contributed by atoms with van der Waals surface area (Å²) in [4.78, 5) is 25.5. The number of hydrogen-bond donors (Lipinski definition) is 2. The van der Waals surface area contributed by atoms with Crippen molar-refractivity contribution in [3.05, 3.63) is 64.6 Å². The predicted octanol–water partition coefficient (Wildman–Crippen LogP) is 4.92. The smallest absolute Gasteiger partial charge is 0.255 e. The number of pyridine rings is 2. The fourth-order valence-electron chi connectivity index (χ4n) is 5.95. The maximum absolute atomic E-state index is 13.8. The van der Waals surface area contributed by atoms with Crippen molar-refractivity contribution >= 4 is 22.5 Å². The Hall–Kier alpha value is -3.13. The quantitative estimate of drug-likeness (QED) is 0.530. The molecule has 0 radical (unpaired) electrons. The Balaban J connectivity index is 1.42. The van der Waals surface area contributed by atoms with Gasteiger partial charge in [-0.1, -0.05) is 0 Å². The Morgan fingerprint density at radius 1 is 1.19 bits per heavy atom. The Labute approximate surface area is 209 Å². The summed E-state index contributed by atoms with van der Waals surface area (Å²) in [6.07, 6.45) is 7.20. The minimum absolute atomic E-state index is 0.0805. The van der Waals surface area contributed by atoms with E-state index in [1.165, 1.54) is 12.1 Å². The number of nitrogens with one attached hydrogen (secondary N) is 2. The third kappa shape index (κ3) is 4.21. The number of carbonyl (C=O) groups is 1. The number of aryl methyl sites for hydroxylation is 1. The van der Waals surface area contributed by atoms with Gasteiger partial charge in [0.1, 0.15) is 11.6 Å². The van der Waals surface area contributed by atoms with E-state index in [-0.39, 0.29) is 11.4 Å². The molecule has 188 valence electrons. The first-order valence-electron chi connectivity index (χ1n) is 12.9. The number of rotatable bonds is 5. The normalized spacial score (nSPS) is 22.5. The second-order valence-electron chi connectivity index (χ2n) is 10.7. The fraction of sp³-hybridized carbons (Fsp3) is 0.464. The van der Waals surface area contributed by atoms with Crippen molar-refractivity contribution in [3.8, 4) is 0 Å². The number of nitrogens with zero attached hydrogens (tertiary/aromatic N) is 3. The lowest BCUT2D eigenvalue weighted by Gasteiger charge is -2.28. The summed E-state index contributed by atoms with van der Waals surface area (Å²) < 4.78 is 27.6. The Morgan fingerprint density at radius 3 is 2.67 bits per heavy atom. The highest BCUT2D eigenvalue weighted by Crippen LogP contribution is 2.44. The van der Waals surface area contributed by atoms with Gasteiger partial charge in [0.15, 0.2) is 0 Å². The number of aromatic nitrogens is 2. The van der Waals surface area contributed by atoms with Gasteiger partial charge in [-0.15, -0.1) is 0 Å². The van der Waals surface area contributed by atoms with Crippen molar-refractivity contribution in [2.75, 3.05) is 24.5 Å². The second kappa shape index (κ2) is 8.76. The van der Waals surface area contributed by atoms with Crippen molar-refractivity contribution in [1.82, 2.24) is 20.6 Å². The summed E-state index contributed by atoms with van der Waals surface area (Å²) >= 11 is 0. The Kier molecular flexibility index (Phi) is 5.67. The number of halogens is 2. The molecule has 3 aliphatic rings. The molecule has 4 heterocycles. The van der Waals surface area contributed by atoms with E-state index < -0.39 is 17.7 Å². The van der Waals surface area contributed by atoms with Crippen LogP contribution in [0.4, 0.5) is 14.5 Å². The van der Waals surface area contributed by atoms with Crippen LogP contribution in [0.3, 0.4) is 0 Å². The van der Waals surface area contributed by atoms with E-state index in [4.69, 9.17) is 9.97 Å². The molecule has 3 aromatic rings. The maximum Gasteiger partial charge on any atom is 0.255 e. The van der Waals surface area contributed by atoms with Crippen molar-refractivity contribution in [2.45, 2.75) is 63.5 Å². The largest absolute Gasteiger partial charge is 0.368 e. The topological polar surface area (TPSA) is 70.2 Å². The number of amides is 1. The molecule has 6 rings (SSSR count). The van der Waals surface area contributed by atoms with E-state index in [0.29, 0.717) is 17.0 Å². The van der Waals surface area contributed by atoms with E-state index in [9.17, 15) is 13.6 Å². The lowest BCUT2D eigenvalue weighted by molar-refractivity contribution is 0.0940. The number of fused-ring (bicyclic) bond motifs is 1. The molecule has 2 aliphatic heterocycles. The molecular weight excluding hydrogens is 460 g/mol. The molecule has 1 aromatic carbocycles. The number of hydrogen-bond acceptors (Lipinski definition) is 5. The summed E-state index contributed by atoms with van der Waals surface area (Å²) in [7, 11) is 0. The van der Waals surface area contributed by atoms with Gasteiger partial charge in [0.05, 0.1) is 28.5 Å². The van der Waals surface area contributed by atoms with Gasteiger partial charge >= 0.3 is 0 Å². The van der Waals surface area contributed by atoms with Crippen molar-refractivity contribution < 1.29 is 13.6 Å². The van der Waals surface area contributed by atoms with Crippen molar-refractivity contribution in [3.63, 3.8) is 0 Å². The number of benzene rings is 1. The van der Waals surface area contributed by atoms with Gasteiger partial charge in [-0.3, -0.25) is 14.8 Å². The van der Waals surface area contributed by atoms with Crippen LogP contribution in [-0.4, -0.2) is 41.0 Å². The van der Waals surface area contributed by atoms with Gasteiger partial charge < -0.3 is 15.5 Å². The molecule has 1 aliphatic carbocycles. The molecule has 0 bridgehead atoms. The average Bonchev–Trinajstić information content (AvgIpc) is 3.45. The van der Waals surface area contributed by atoms with Gasteiger partial charge in [0.2, 0.25) is 0 Å². The van der Waals surface area contributed by atoms with Gasteiger partial charge in [-0.05, 0) is 76.3 Å². The minimum Gasteiger partial charge on any atom is -0.368 e. The monoisotopic (exact) mass is 491 g/mol. The van der Waals surface area contributed by atoms with Crippen LogP contribution < -0.4 is 15.5 Å². The summed E-state index contributed by atoms with van der Waals surface area (Å²) in [5.74, 6) is -1.21. The van der Waals surface area contributed by atoms with E-state index in [0.717, 1.165) is 85.8 Å². The zero-order valence-corrected chi connectivity index (χ0v) is 20.7. The Morgan fingerprint density at radius 2 is 1.97 bits per heavy atom. The first kappa shape index (κ1) is 23.3. The van der Waals surface area contributed by atoms with Crippen LogP contribution in [0.15, 0.2) is 30.5 Å². The zero-order chi connectivity index (χ0) is 25.0. The van der Waals surface area contributed by atoms with Crippen LogP contribution in [0.5, 0.6) is 0 Å². The van der Waals surface area contributed by atoms with E-state index in [1.807, 2.05) is 13.0 Å². The molecule has 1 saturated carbocycles. The molecule has 8 heteroatoms. The van der Waals surface area contributed by atoms with E-state index in [2.05, 4.69) is 15.5 Å². The van der Waals surface area contributed by atoms with Crippen LogP contribution in [0, 0.1) is 18.6 Å². The van der Waals surface area contributed by atoms with Crippen LogP contribution >= 0.6 is 0 Å². The maximum atomic E-state index is 13.8. The van der Waals surface area contributed by atoms with Gasteiger partial charge in [-0.2, -0.15) is 0 Å². The summed E-state index contributed by atoms with van der Waals surface area (Å²) in [6, 6.07) is 4.80. The lowest BCUT2D eigenvalue weighted by Crippen LogP contribution is -2.42. The van der Waals surface area contributed by atoms with Gasteiger partial charge in [0.25, 0.3) is 5.91 Å². The molecule has 2 N–H and O–H groups in total. The zero-order valence-electron chi connectivity index (χ0n) is 20.7. The van der Waals surface area contributed by atoms with Crippen LogP contribution in [-0.2, 0) is 0 Å². The summed E-state index contributed by atoms with van der Waals surface area (Å²) in [6.45, 7) is 6.42. The first-order valence-corrected chi connectivity index (χ1v) is 12.9. The SMILES string of the molecule is Cc1cc2c(N3CCC4(CCCN4)C3)c(C(=O)N[C@@H](C)c3cc(F)cc(F)c3)cnc2c(C2CC2)n1. The first-order chi connectivity index (χ1) is 17.3. The minimum atomic E-state index is -0.666.